The van der Waals surface area contributed by atoms with Crippen molar-refractivity contribution in [3.05, 3.63) is 70.2 Å². The van der Waals surface area contributed by atoms with Gasteiger partial charge in [-0.15, -0.1) is 23.1 Å². The normalized spacial score (nSPS) is 19.1. The molecule has 1 fully saturated rings. The van der Waals surface area contributed by atoms with E-state index in [9.17, 15) is 24.4 Å². The van der Waals surface area contributed by atoms with Crippen LogP contribution in [0.5, 0.6) is 0 Å². The van der Waals surface area contributed by atoms with Crippen LogP contribution in [0.2, 0.25) is 0 Å². The predicted molar refractivity (Wildman–Crippen MR) is 152 cm³/mol. The van der Waals surface area contributed by atoms with Gasteiger partial charge in [0.05, 0.1) is 12.2 Å². The van der Waals surface area contributed by atoms with E-state index in [0.717, 1.165) is 16.9 Å². The number of pyridine rings is 1. The number of thiazole rings is 1. The summed E-state index contributed by atoms with van der Waals surface area (Å²) in [7, 11) is 0. The van der Waals surface area contributed by atoms with E-state index in [-0.39, 0.29) is 35.3 Å². The maximum Gasteiger partial charge on any atom is 0.355 e. The van der Waals surface area contributed by atoms with Crippen molar-refractivity contribution in [2.75, 3.05) is 24.7 Å². The summed E-state index contributed by atoms with van der Waals surface area (Å²) in [6.07, 6.45) is 8.20. The number of amides is 2. The Morgan fingerprint density at radius 3 is 2.76 bits per heavy atom. The molecule has 0 saturated carbocycles. The molecule has 0 aromatic carbocycles. The van der Waals surface area contributed by atoms with Crippen molar-refractivity contribution in [2.45, 2.75) is 25.3 Å². The van der Waals surface area contributed by atoms with Crippen molar-refractivity contribution < 1.29 is 33.9 Å². The molecule has 2 amide bonds. The summed E-state index contributed by atoms with van der Waals surface area (Å²) in [6, 6.07) is 2.58. The predicted octanol–water partition coefficient (Wildman–Crippen LogP) is 1.72. The van der Waals surface area contributed by atoms with Gasteiger partial charge in [0.15, 0.2) is 10.8 Å². The van der Waals surface area contributed by atoms with Crippen LogP contribution in [0.3, 0.4) is 0 Å². The van der Waals surface area contributed by atoms with Crippen LogP contribution in [0.4, 0.5) is 5.13 Å². The highest BCUT2D eigenvalue weighted by Crippen LogP contribution is 2.41. The van der Waals surface area contributed by atoms with E-state index in [1.807, 2.05) is 6.07 Å². The molecule has 2 aromatic rings. The lowest BCUT2D eigenvalue weighted by atomic mass is 10.0. The number of thioether (sulfide) groups is 1. The first-order valence-electron chi connectivity index (χ1n) is 12.3. The van der Waals surface area contributed by atoms with Crippen LogP contribution in [0.25, 0.3) is 6.08 Å². The molecule has 1 saturated heterocycles. The first-order valence-corrected chi connectivity index (χ1v) is 14.2. The van der Waals surface area contributed by atoms with Crippen LogP contribution >= 0.6 is 23.1 Å². The molecule has 214 valence electrons. The molecule has 4 heterocycles. The Morgan fingerprint density at radius 2 is 2.12 bits per heavy atom. The molecule has 0 spiro atoms. The maximum absolute atomic E-state index is 13.4. The SMILES string of the molecule is C/C=C(\COC(=O)C1=C(/C=C\c2cccnc2)CS[C@@H]2[C@H](NC(=O)/C(=N\O)c3csc(N)n3)C(=O)N12)C(=O)OCC. The van der Waals surface area contributed by atoms with E-state index in [1.54, 1.807) is 44.5 Å². The molecule has 0 aliphatic carbocycles. The summed E-state index contributed by atoms with van der Waals surface area (Å²) in [6.45, 7) is 3.08. The van der Waals surface area contributed by atoms with Gasteiger partial charge in [-0.1, -0.05) is 29.5 Å². The maximum atomic E-state index is 13.4. The first-order chi connectivity index (χ1) is 19.8. The van der Waals surface area contributed by atoms with Crippen molar-refractivity contribution in [3.63, 3.8) is 0 Å². The van der Waals surface area contributed by atoms with Gasteiger partial charge in [0, 0.05) is 23.5 Å². The fourth-order valence-electron chi connectivity index (χ4n) is 3.95. The van der Waals surface area contributed by atoms with Crippen molar-refractivity contribution >= 4 is 63.8 Å². The van der Waals surface area contributed by atoms with Crippen LogP contribution in [-0.4, -0.2) is 79.9 Å². The smallest absolute Gasteiger partial charge is 0.355 e. The highest BCUT2D eigenvalue weighted by molar-refractivity contribution is 8.00. The molecule has 13 nitrogen and oxygen atoms in total. The number of nitrogens with two attached hydrogens (primary N) is 1. The third-order valence-corrected chi connectivity index (χ3v) is 7.94. The average molecular weight is 599 g/mol. The van der Waals surface area contributed by atoms with E-state index in [0.29, 0.717) is 11.3 Å². The van der Waals surface area contributed by atoms with Crippen LogP contribution in [0, 0.1) is 0 Å². The first kappa shape index (κ1) is 29.5. The topological polar surface area (TPSA) is 186 Å². The van der Waals surface area contributed by atoms with Crippen LogP contribution in [0.15, 0.2) is 64.1 Å². The Morgan fingerprint density at radius 1 is 1.32 bits per heavy atom. The lowest BCUT2D eigenvalue weighted by Crippen LogP contribution is -2.71. The Kier molecular flexibility index (Phi) is 9.52. The molecular formula is C26H26N6O7S2. The number of hydrogen-bond acceptors (Lipinski definition) is 13. The molecule has 41 heavy (non-hydrogen) atoms. The molecule has 0 unspecified atom stereocenters. The summed E-state index contributed by atoms with van der Waals surface area (Å²) >= 11 is 2.38. The van der Waals surface area contributed by atoms with Gasteiger partial charge in [-0.2, -0.15) is 0 Å². The number of fused-ring (bicyclic) bond motifs is 1. The number of nitrogen functional groups attached to an aromatic ring is 1. The number of carbonyl (C=O) groups is 4. The molecule has 0 bridgehead atoms. The minimum atomic E-state index is -1.02. The number of allylic oxidation sites excluding steroid dienone is 2. The summed E-state index contributed by atoms with van der Waals surface area (Å²) < 4.78 is 10.4. The minimum absolute atomic E-state index is 0.00738. The molecule has 4 N–H and O–H groups in total. The number of anilines is 1. The van der Waals surface area contributed by atoms with Crippen molar-refractivity contribution in [3.8, 4) is 0 Å². The number of carbonyl (C=O) groups excluding carboxylic acids is 4. The second kappa shape index (κ2) is 13.2. The van der Waals surface area contributed by atoms with E-state index in [1.165, 1.54) is 28.1 Å². The summed E-state index contributed by atoms with van der Waals surface area (Å²) in [5, 5.41) is 15.9. The Bertz CT molecular complexity index is 1470. The number of esters is 2. The van der Waals surface area contributed by atoms with E-state index in [2.05, 4.69) is 20.4 Å². The third kappa shape index (κ3) is 6.47. The molecule has 2 aliphatic heterocycles. The van der Waals surface area contributed by atoms with Gasteiger partial charge in [-0.25, -0.2) is 14.6 Å². The number of ether oxygens (including phenoxy) is 2. The van der Waals surface area contributed by atoms with Gasteiger partial charge in [0.25, 0.3) is 11.8 Å². The summed E-state index contributed by atoms with van der Waals surface area (Å²) in [5.41, 5.74) is 6.68. The van der Waals surface area contributed by atoms with E-state index < -0.39 is 40.9 Å². The van der Waals surface area contributed by atoms with Gasteiger partial charge in [-0.3, -0.25) is 19.5 Å². The zero-order chi connectivity index (χ0) is 29.5. The quantitative estimate of drug-likeness (QED) is 0.0903. The minimum Gasteiger partial charge on any atom is -0.463 e. The molecule has 4 rings (SSSR count). The highest BCUT2D eigenvalue weighted by Gasteiger charge is 2.54. The second-order valence-corrected chi connectivity index (χ2v) is 10.5. The van der Waals surface area contributed by atoms with Crippen molar-refractivity contribution in [1.29, 1.82) is 0 Å². The number of β-lactam (4-membered cyclic amide) rings is 1. The van der Waals surface area contributed by atoms with Crippen molar-refractivity contribution in [1.82, 2.24) is 20.2 Å². The van der Waals surface area contributed by atoms with E-state index in [4.69, 9.17) is 15.2 Å². The molecule has 2 aromatic heterocycles. The van der Waals surface area contributed by atoms with Crippen molar-refractivity contribution in [2.24, 2.45) is 5.16 Å². The fourth-order valence-corrected chi connectivity index (χ4v) is 5.81. The van der Waals surface area contributed by atoms with Gasteiger partial charge in [0.2, 0.25) is 0 Å². The third-order valence-electron chi connectivity index (χ3n) is 5.96. The lowest BCUT2D eigenvalue weighted by Gasteiger charge is -2.49. The largest absolute Gasteiger partial charge is 0.463 e. The molecule has 2 aliphatic rings. The fraction of sp³-hybridized carbons (Fsp3) is 0.269. The standard InChI is InChI=1S/C26H26N6O7S2/c1-3-15(24(35)38-4-2)11-39-25(36)20-16(8-7-14-6-5-9-28-10-14)12-40-23-19(22(34)32(20)23)30-21(33)18(31-37)17-13-41-26(27)29-17/h3,5-10,13,19,23,37H,4,11-12H2,1-2H3,(H2,27,29)(H,30,33)/b8-7-,15-3+,31-18-/t19-,23-/m1/s1. The number of nitrogens with zero attached hydrogens (tertiary/aromatic N) is 4. The van der Waals surface area contributed by atoms with Crippen LogP contribution in [0.1, 0.15) is 25.1 Å². The molecule has 15 heteroatoms. The number of hydrogen-bond donors (Lipinski definition) is 3. The van der Waals surface area contributed by atoms with Gasteiger partial charge >= 0.3 is 11.9 Å². The Labute approximate surface area is 242 Å². The van der Waals surface area contributed by atoms with Crippen LogP contribution in [-0.2, 0) is 28.7 Å². The Hall–Kier alpha value is -4.50. The molecule has 2 atom stereocenters. The van der Waals surface area contributed by atoms with E-state index >= 15 is 0 Å². The Balaban J connectivity index is 1.57. The second-order valence-electron chi connectivity index (χ2n) is 8.48. The lowest BCUT2D eigenvalue weighted by molar-refractivity contribution is -0.152. The highest BCUT2D eigenvalue weighted by atomic mass is 32.2. The monoisotopic (exact) mass is 598 g/mol. The van der Waals surface area contributed by atoms with Crippen LogP contribution < -0.4 is 11.1 Å². The van der Waals surface area contributed by atoms with Gasteiger partial charge in [0.1, 0.15) is 29.4 Å². The number of aromatic nitrogens is 2. The zero-order valence-corrected chi connectivity index (χ0v) is 23.6. The number of oxime groups is 1. The number of rotatable bonds is 10. The zero-order valence-electron chi connectivity index (χ0n) is 22.0. The summed E-state index contributed by atoms with van der Waals surface area (Å²) in [4.78, 5) is 60.9. The summed E-state index contributed by atoms with van der Waals surface area (Å²) in [5.74, 6) is -2.53. The number of nitrogens with one attached hydrogen (secondary N) is 1. The van der Waals surface area contributed by atoms with Gasteiger partial charge in [-0.05, 0) is 31.1 Å². The average Bonchev–Trinajstić information content (AvgIpc) is 3.40. The molecule has 0 radical (unpaired) electrons. The van der Waals surface area contributed by atoms with Gasteiger partial charge < -0.3 is 25.7 Å². The molecular weight excluding hydrogens is 572 g/mol.